The number of likely N-dealkylation sites (tertiary alicyclic amines) is 1. The average molecular weight is 404 g/mol. The van der Waals surface area contributed by atoms with Gasteiger partial charge in [0.2, 0.25) is 11.8 Å². The first-order valence-corrected chi connectivity index (χ1v) is 11.0. The Morgan fingerprint density at radius 3 is 2.27 bits per heavy atom. The van der Waals surface area contributed by atoms with Crippen molar-refractivity contribution in [2.24, 2.45) is 17.3 Å². The van der Waals surface area contributed by atoms with E-state index in [-0.39, 0.29) is 23.1 Å². The van der Waals surface area contributed by atoms with E-state index < -0.39 is 0 Å². The van der Waals surface area contributed by atoms with Crippen LogP contribution in [0.5, 0.6) is 0 Å². The van der Waals surface area contributed by atoms with Crippen LogP contribution >= 0.6 is 0 Å². The topological polar surface area (TPSA) is 52.7 Å². The second-order valence-electron chi connectivity index (χ2n) is 9.21. The maximum atomic E-state index is 13.0. The number of nitrogens with one attached hydrogen (secondary N) is 1. The molecule has 1 unspecified atom stereocenters. The molecule has 5 heteroatoms. The lowest BCUT2D eigenvalue weighted by Crippen LogP contribution is -2.62. The van der Waals surface area contributed by atoms with Gasteiger partial charge in [-0.2, -0.15) is 0 Å². The van der Waals surface area contributed by atoms with Crippen LogP contribution in [0.3, 0.4) is 0 Å². The van der Waals surface area contributed by atoms with E-state index in [1.807, 2.05) is 41.3 Å². The van der Waals surface area contributed by atoms with E-state index in [9.17, 15) is 9.59 Å². The van der Waals surface area contributed by atoms with E-state index >= 15 is 0 Å². The van der Waals surface area contributed by atoms with Gasteiger partial charge in [-0.1, -0.05) is 48.5 Å². The molecule has 1 N–H and O–H groups in total. The Hall–Kier alpha value is -2.82. The number of anilines is 1. The number of hydrogen-bond acceptors (Lipinski definition) is 3. The van der Waals surface area contributed by atoms with Crippen LogP contribution in [0.15, 0.2) is 60.7 Å². The number of amides is 2. The normalized spacial score (nSPS) is 22.1. The summed E-state index contributed by atoms with van der Waals surface area (Å²) in [7, 11) is 0. The smallest absolute Gasteiger partial charge is 0.227 e. The van der Waals surface area contributed by atoms with Gasteiger partial charge in [0, 0.05) is 55.7 Å². The molecule has 0 aromatic heterocycles. The van der Waals surface area contributed by atoms with E-state index in [1.165, 1.54) is 5.69 Å². The molecule has 156 valence electrons. The van der Waals surface area contributed by atoms with E-state index in [0.717, 1.165) is 44.6 Å². The van der Waals surface area contributed by atoms with Crippen molar-refractivity contribution in [3.63, 3.8) is 0 Å². The molecule has 1 atom stereocenters. The fourth-order valence-corrected chi connectivity index (χ4v) is 4.99. The Kier molecular flexibility index (Phi) is 4.97. The highest BCUT2D eigenvalue weighted by Gasteiger charge is 2.55. The van der Waals surface area contributed by atoms with Gasteiger partial charge in [-0.15, -0.1) is 0 Å². The van der Waals surface area contributed by atoms with Gasteiger partial charge in [-0.25, -0.2) is 0 Å². The summed E-state index contributed by atoms with van der Waals surface area (Å²) in [5.74, 6) is 0.911. The van der Waals surface area contributed by atoms with Gasteiger partial charge in [-0.05, 0) is 30.5 Å². The van der Waals surface area contributed by atoms with E-state index in [4.69, 9.17) is 0 Å². The summed E-state index contributed by atoms with van der Waals surface area (Å²) in [5, 5.41) is 3.18. The highest BCUT2D eigenvalue weighted by Crippen LogP contribution is 2.45. The van der Waals surface area contributed by atoms with Crippen LogP contribution in [0.1, 0.15) is 18.4 Å². The Morgan fingerprint density at radius 2 is 1.60 bits per heavy atom. The first kappa shape index (κ1) is 19.2. The Balaban J connectivity index is 1.27. The van der Waals surface area contributed by atoms with Crippen LogP contribution in [0.2, 0.25) is 0 Å². The molecule has 2 aromatic carbocycles. The molecule has 2 amide bonds. The first-order valence-electron chi connectivity index (χ1n) is 11.0. The molecule has 2 aromatic rings. The predicted octanol–water partition coefficient (Wildman–Crippen LogP) is 2.72. The molecular weight excluding hydrogens is 374 g/mol. The zero-order valence-electron chi connectivity index (χ0n) is 17.3. The predicted molar refractivity (Wildman–Crippen MR) is 117 cm³/mol. The van der Waals surface area contributed by atoms with Crippen molar-refractivity contribution in [3.05, 3.63) is 66.2 Å². The van der Waals surface area contributed by atoms with Crippen LogP contribution in [-0.4, -0.2) is 49.4 Å². The molecule has 1 spiro atoms. The van der Waals surface area contributed by atoms with Gasteiger partial charge in [-0.3, -0.25) is 9.59 Å². The second kappa shape index (κ2) is 7.78. The summed E-state index contributed by atoms with van der Waals surface area (Å²) < 4.78 is 0. The number of rotatable bonds is 6. The van der Waals surface area contributed by atoms with Crippen molar-refractivity contribution in [2.75, 3.05) is 37.6 Å². The number of carbonyl (C=O) groups is 2. The average Bonchev–Trinajstić information content (AvgIpc) is 3.52. The summed E-state index contributed by atoms with van der Waals surface area (Å²) in [6.45, 7) is 4.07. The highest BCUT2D eigenvalue weighted by atomic mass is 16.2. The molecule has 0 bridgehead atoms. The summed E-state index contributed by atoms with van der Waals surface area (Å²) in [4.78, 5) is 29.7. The molecule has 2 saturated heterocycles. The number of para-hydroxylation sites is 1. The minimum Gasteiger partial charge on any atom is -0.370 e. The molecule has 3 fully saturated rings. The van der Waals surface area contributed by atoms with Crippen molar-refractivity contribution in [3.8, 4) is 0 Å². The van der Waals surface area contributed by atoms with Gasteiger partial charge in [0.15, 0.2) is 0 Å². The quantitative estimate of drug-likeness (QED) is 0.807. The molecular formula is C25H29N3O2. The highest BCUT2D eigenvalue weighted by molar-refractivity contribution is 5.81. The molecule has 5 rings (SSSR count). The third kappa shape index (κ3) is 3.81. The van der Waals surface area contributed by atoms with Gasteiger partial charge >= 0.3 is 0 Å². The van der Waals surface area contributed by atoms with Gasteiger partial charge in [0.1, 0.15) is 0 Å². The lowest BCUT2D eigenvalue weighted by molar-refractivity contribution is -0.130. The lowest BCUT2D eigenvalue weighted by atomic mass is 9.71. The summed E-state index contributed by atoms with van der Waals surface area (Å²) in [5.41, 5.74) is 2.36. The molecule has 2 aliphatic heterocycles. The maximum absolute atomic E-state index is 13.0. The standard InChI is InChI=1S/C25H29N3O2/c29-23(13-19-7-3-1-4-8-19)27-15-21(14-26-24(30)20-11-12-20)25(16-27)17-28(18-25)22-9-5-2-6-10-22/h1-10,20-21H,11-18H2,(H,26,30). The fraction of sp³-hybridized carbons (Fsp3) is 0.440. The van der Waals surface area contributed by atoms with Crippen molar-refractivity contribution in [2.45, 2.75) is 19.3 Å². The van der Waals surface area contributed by atoms with Gasteiger partial charge in [0.25, 0.3) is 0 Å². The SMILES string of the molecule is O=C(NCC1CN(C(=O)Cc2ccccc2)CC12CN(c1ccccc1)C2)C1CC1. The van der Waals surface area contributed by atoms with Gasteiger partial charge in [0.05, 0.1) is 6.42 Å². The molecule has 2 heterocycles. The van der Waals surface area contributed by atoms with Crippen molar-refractivity contribution in [1.82, 2.24) is 10.2 Å². The Labute approximate surface area is 178 Å². The molecule has 30 heavy (non-hydrogen) atoms. The van der Waals surface area contributed by atoms with Crippen LogP contribution in [0.4, 0.5) is 5.69 Å². The summed E-state index contributed by atoms with van der Waals surface area (Å²) in [6.07, 6.45) is 2.48. The molecule has 0 radical (unpaired) electrons. The zero-order valence-corrected chi connectivity index (χ0v) is 17.3. The second-order valence-corrected chi connectivity index (χ2v) is 9.21. The van der Waals surface area contributed by atoms with Crippen LogP contribution < -0.4 is 10.2 Å². The minimum atomic E-state index is 0.0685. The zero-order chi connectivity index (χ0) is 20.6. The van der Waals surface area contributed by atoms with Crippen molar-refractivity contribution >= 4 is 17.5 Å². The number of carbonyl (C=O) groups excluding carboxylic acids is 2. The minimum absolute atomic E-state index is 0.0685. The monoisotopic (exact) mass is 403 g/mol. The molecule has 3 aliphatic rings. The largest absolute Gasteiger partial charge is 0.370 e. The van der Waals surface area contributed by atoms with Crippen LogP contribution in [-0.2, 0) is 16.0 Å². The number of nitrogens with zero attached hydrogens (tertiary/aromatic N) is 2. The van der Waals surface area contributed by atoms with E-state index in [0.29, 0.717) is 18.9 Å². The third-order valence-electron chi connectivity index (χ3n) is 6.97. The molecule has 5 nitrogen and oxygen atoms in total. The van der Waals surface area contributed by atoms with E-state index in [1.54, 1.807) is 0 Å². The van der Waals surface area contributed by atoms with Crippen LogP contribution in [0, 0.1) is 17.3 Å². The fourth-order valence-electron chi connectivity index (χ4n) is 4.99. The summed E-state index contributed by atoms with van der Waals surface area (Å²) >= 11 is 0. The van der Waals surface area contributed by atoms with Crippen LogP contribution in [0.25, 0.3) is 0 Å². The van der Waals surface area contributed by atoms with Gasteiger partial charge < -0.3 is 15.1 Å². The third-order valence-corrected chi connectivity index (χ3v) is 6.97. The molecule has 1 saturated carbocycles. The lowest BCUT2D eigenvalue weighted by Gasteiger charge is -2.52. The molecule has 1 aliphatic carbocycles. The Morgan fingerprint density at radius 1 is 0.933 bits per heavy atom. The first-order chi connectivity index (χ1) is 14.6. The maximum Gasteiger partial charge on any atom is 0.227 e. The van der Waals surface area contributed by atoms with E-state index in [2.05, 4.69) is 34.5 Å². The Bertz CT molecular complexity index is 905. The number of hydrogen-bond donors (Lipinski definition) is 1. The summed E-state index contributed by atoms with van der Waals surface area (Å²) in [6, 6.07) is 20.4. The van der Waals surface area contributed by atoms with Crippen molar-refractivity contribution in [1.29, 1.82) is 0 Å². The number of benzene rings is 2. The van der Waals surface area contributed by atoms with Crippen molar-refractivity contribution < 1.29 is 9.59 Å².